The minimum atomic E-state index is -0.457. The van der Waals surface area contributed by atoms with Crippen LogP contribution in [0.1, 0.15) is 12.7 Å². The molecule has 2 heterocycles. The van der Waals surface area contributed by atoms with Crippen LogP contribution in [0.15, 0.2) is 33.8 Å². The van der Waals surface area contributed by atoms with E-state index in [9.17, 15) is 14.4 Å². The van der Waals surface area contributed by atoms with Gasteiger partial charge in [0.25, 0.3) is 5.91 Å². The number of thiazole rings is 1. The number of aromatic nitrogens is 2. The first kappa shape index (κ1) is 23.5. The molecule has 1 N–H and O–H groups in total. The number of benzene rings is 1. The van der Waals surface area contributed by atoms with Crippen molar-refractivity contribution in [1.82, 2.24) is 9.72 Å². The molecule has 0 radical (unpaired) electrons. The van der Waals surface area contributed by atoms with E-state index in [0.717, 1.165) is 22.0 Å². The predicted molar refractivity (Wildman–Crippen MR) is 121 cm³/mol. The minimum Gasteiger partial charge on any atom is -0.494 e. The molecule has 3 rings (SSSR count). The number of amides is 2. The molecule has 12 heteroatoms. The van der Waals surface area contributed by atoms with Crippen molar-refractivity contribution in [2.24, 2.45) is 4.99 Å². The molecular weight excluding hydrogens is 456 g/mol. The summed E-state index contributed by atoms with van der Waals surface area (Å²) in [5, 5.41) is 6.27. The highest BCUT2D eigenvalue weighted by molar-refractivity contribution is 8.00. The number of anilines is 1. The minimum absolute atomic E-state index is 0.00191. The largest absolute Gasteiger partial charge is 0.494 e. The maximum Gasteiger partial charge on any atom is 0.325 e. The van der Waals surface area contributed by atoms with Gasteiger partial charge in [-0.05, 0) is 32.0 Å². The summed E-state index contributed by atoms with van der Waals surface area (Å²) >= 11 is 2.39. The van der Waals surface area contributed by atoms with Crippen LogP contribution in [0.4, 0.5) is 5.82 Å². The standard InChI is InChI=1S/C20H22N4O6S2/c1-4-29-13-5-6-14-15(8-13)32-20(24(14)9-19(27)28-3)22-18(26)11-31-10-17(25)21-16-7-12(2)30-23-16/h5-8H,4,9-11H2,1-3H3,(H,21,23,25). The van der Waals surface area contributed by atoms with Crippen molar-refractivity contribution in [2.45, 2.75) is 20.4 Å². The number of thioether (sulfide) groups is 1. The van der Waals surface area contributed by atoms with Crippen LogP contribution in [0.5, 0.6) is 5.75 Å². The van der Waals surface area contributed by atoms with E-state index in [4.69, 9.17) is 14.0 Å². The molecule has 0 atom stereocenters. The first-order valence-corrected chi connectivity index (χ1v) is 11.6. The fourth-order valence-corrected chi connectivity index (χ4v) is 4.39. The Labute approximate surface area is 191 Å². The second kappa shape index (κ2) is 11.0. The fraction of sp³-hybridized carbons (Fsp3) is 0.350. The number of carbonyl (C=O) groups is 3. The highest BCUT2D eigenvalue weighted by Crippen LogP contribution is 2.23. The number of esters is 1. The molecule has 10 nitrogen and oxygen atoms in total. The Hall–Kier alpha value is -3.12. The van der Waals surface area contributed by atoms with E-state index in [2.05, 4.69) is 15.5 Å². The summed E-state index contributed by atoms with van der Waals surface area (Å²) in [6, 6.07) is 7.05. The van der Waals surface area contributed by atoms with Gasteiger partial charge in [-0.15, -0.1) is 11.8 Å². The zero-order chi connectivity index (χ0) is 23.1. The molecule has 0 saturated carbocycles. The van der Waals surface area contributed by atoms with Crippen LogP contribution in [0, 0.1) is 6.92 Å². The first-order valence-electron chi connectivity index (χ1n) is 9.61. The summed E-state index contributed by atoms with van der Waals surface area (Å²) < 4.78 is 17.6. The lowest BCUT2D eigenvalue weighted by Crippen LogP contribution is -2.23. The molecule has 0 aliphatic carbocycles. The summed E-state index contributed by atoms with van der Waals surface area (Å²) in [6.07, 6.45) is 0. The van der Waals surface area contributed by atoms with E-state index in [-0.39, 0.29) is 24.0 Å². The Kier molecular flexibility index (Phi) is 8.06. The predicted octanol–water partition coefficient (Wildman–Crippen LogP) is 2.37. The van der Waals surface area contributed by atoms with Crippen LogP contribution in [-0.2, 0) is 25.7 Å². The van der Waals surface area contributed by atoms with E-state index in [1.165, 1.54) is 18.4 Å². The van der Waals surface area contributed by atoms with Gasteiger partial charge in [-0.3, -0.25) is 14.4 Å². The lowest BCUT2D eigenvalue weighted by Gasteiger charge is -2.05. The molecular formula is C20H22N4O6S2. The van der Waals surface area contributed by atoms with Gasteiger partial charge >= 0.3 is 5.97 Å². The molecule has 0 spiro atoms. The number of ether oxygens (including phenoxy) is 2. The highest BCUT2D eigenvalue weighted by Gasteiger charge is 2.13. The van der Waals surface area contributed by atoms with Gasteiger partial charge in [-0.1, -0.05) is 16.5 Å². The van der Waals surface area contributed by atoms with Gasteiger partial charge in [0, 0.05) is 6.07 Å². The molecule has 2 aromatic heterocycles. The van der Waals surface area contributed by atoms with Crippen molar-refractivity contribution in [2.75, 3.05) is 30.5 Å². The van der Waals surface area contributed by atoms with Crippen LogP contribution in [-0.4, -0.2) is 52.7 Å². The van der Waals surface area contributed by atoms with Gasteiger partial charge in [-0.2, -0.15) is 4.99 Å². The Morgan fingerprint density at radius 3 is 2.78 bits per heavy atom. The van der Waals surface area contributed by atoms with Crippen LogP contribution in [0.25, 0.3) is 10.2 Å². The lowest BCUT2D eigenvalue weighted by atomic mass is 10.3. The van der Waals surface area contributed by atoms with E-state index in [1.54, 1.807) is 23.6 Å². The molecule has 32 heavy (non-hydrogen) atoms. The average Bonchev–Trinajstić information content (AvgIpc) is 3.30. The van der Waals surface area contributed by atoms with Crippen molar-refractivity contribution < 1.29 is 28.4 Å². The third kappa shape index (κ3) is 6.20. The van der Waals surface area contributed by atoms with Crippen molar-refractivity contribution in [3.63, 3.8) is 0 Å². The zero-order valence-electron chi connectivity index (χ0n) is 17.7. The van der Waals surface area contributed by atoms with Crippen molar-refractivity contribution in [1.29, 1.82) is 0 Å². The number of hydrogen-bond donors (Lipinski definition) is 1. The quantitative estimate of drug-likeness (QED) is 0.465. The summed E-state index contributed by atoms with van der Waals surface area (Å²) in [5.41, 5.74) is 0.741. The lowest BCUT2D eigenvalue weighted by molar-refractivity contribution is -0.141. The number of hydrogen-bond acceptors (Lipinski definition) is 9. The van der Waals surface area contributed by atoms with Crippen molar-refractivity contribution in [3.8, 4) is 5.75 Å². The van der Waals surface area contributed by atoms with E-state index < -0.39 is 11.9 Å². The van der Waals surface area contributed by atoms with Crippen molar-refractivity contribution >= 4 is 56.9 Å². The Bertz CT molecular complexity index is 1200. The zero-order valence-corrected chi connectivity index (χ0v) is 19.4. The molecule has 170 valence electrons. The van der Waals surface area contributed by atoms with Crippen LogP contribution in [0.3, 0.4) is 0 Å². The molecule has 0 saturated heterocycles. The van der Waals surface area contributed by atoms with Crippen LogP contribution >= 0.6 is 23.1 Å². The van der Waals surface area contributed by atoms with Gasteiger partial charge in [0.1, 0.15) is 18.1 Å². The average molecular weight is 479 g/mol. The second-order valence-corrected chi connectivity index (χ2v) is 8.47. The van der Waals surface area contributed by atoms with Crippen LogP contribution < -0.4 is 14.9 Å². The second-order valence-electron chi connectivity index (χ2n) is 6.48. The Balaban J connectivity index is 1.71. The molecule has 1 aromatic carbocycles. The van der Waals surface area contributed by atoms with Gasteiger partial charge in [0.2, 0.25) is 5.91 Å². The SMILES string of the molecule is CCOc1ccc2c(c1)sc(=NC(=O)CSCC(=O)Nc1cc(C)on1)n2CC(=O)OC. The maximum atomic E-state index is 12.4. The molecule has 0 aliphatic rings. The number of carbonyl (C=O) groups excluding carboxylic acids is 3. The van der Waals surface area contributed by atoms with Crippen molar-refractivity contribution in [3.05, 3.63) is 34.8 Å². The number of fused-ring (bicyclic) bond motifs is 1. The third-order valence-electron chi connectivity index (χ3n) is 4.05. The van der Waals surface area contributed by atoms with E-state index in [0.29, 0.717) is 28.7 Å². The summed E-state index contributed by atoms with van der Waals surface area (Å²) in [7, 11) is 1.30. The number of nitrogens with zero attached hydrogens (tertiary/aromatic N) is 3. The first-order chi connectivity index (χ1) is 15.4. The Morgan fingerprint density at radius 1 is 1.28 bits per heavy atom. The normalized spacial score (nSPS) is 11.5. The van der Waals surface area contributed by atoms with Gasteiger partial charge in [-0.25, -0.2) is 0 Å². The summed E-state index contributed by atoms with van der Waals surface area (Å²) in [4.78, 5) is 40.8. The highest BCUT2D eigenvalue weighted by atomic mass is 32.2. The molecule has 0 fully saturated rings. The number of rotatable bonds is 9. The maximum absolute atomic E-state index is 12.4. The van der Waals surface area contributed by atoms with E-state index in [1.807, 2.05) is 19.1 Å². The molecule has 3 aromatic rings. The Morgan fingerprint density at radius 2 is 2.09 bits per heavy atom. The monoisotopic (exact) mass is 478 g/mol. The topological polar surface area (TPSA) is 125 Å². The van der Waals surface area contributed by atoms with Gasteiger partial charge in [0.15, 0.2) is 10.6 Å². The molecule has 0 bridgehead atoms. The third-order valence-corrected chi connectivity index (χ3v) is 6.01. The number of nitrogens with one attached hydrogen (secondary N) is 1. The van der Waals surface area contributed by atoms with Gasteiger partial charge in [0.05, 0.1) is 35.4 Å². The van der Waals surface area contributed by atoms with E-state index >= 15 is 0 Å². The fourth-order valence-electron chi connectivity index (χ4n) is 2.72. The summed E-state index contributed by atoms with van der Waals surface area (Å²) in [6.45, 7) is 4.05. The smallest absolute Gasteiger partial charge is 0.325 e. The molecule has 2 amide bonds. The number of aryl methyl sites for hydroxylation is 1. The van der Waals surface area contributed by atoms with Crippen LogP contribution in [0.2, 0.25) is 0 Å². The molecule has 0 aliphatic heterocycles. The van der Waals surface area contributed by atoms with Gasteiger partial charge < -0.3 is 23.9 Å². The number of methoxy groups -OCH3 is 1. The molecule has 0 unspecified atom stereocenters. The summed E-state index contributed by atoms with van der Waals surface area (Å²) in [5.74, 6) is 0.470.